The number of hydrogen-bond acceptors (Lipinski definition) is 5. The second-order valence-corrected chi connectivity index (χ2v) is 8.17. The quantitative estimate of drug-likeness (QED) is 0.481. The highest BCUT2D eigenvalue weighted by Gasteiger charge is 2.15. The van der Waals surface area contributed by atoms with E-state index in [0.717, 1.165) is 23.1 Å². The summed E-state index contributed by atoms with van der Waals surface area (Å²) in [5.74, 6) is 0.242. The van der Waals surface area contributed by atoms with Gasteiger partial charge in [0.1, 0.15) is 17.1 Å². The summed E-state index contributed by atoms with van der Waals surface area (Å²) in [5, 5.41) is 5.32. The fraction of sp³-hybridized carbons (Fsp3) is 0.208. The number of carbonyl (C=O) groups excluding carboxylic acids is 1. The molecular formula is C24H23N3O3S. The van der Waals surface area contributed by atoms with Crippen molar-refractivity contribution in [3.05, 3.63) is 75.7 Å². The molecule has 0 aliphatic rings. The monoisotopic (exact) mass is 433 g/mol. The Morgan fingerprint density at radius 3 is 2.68 bits per heavy atom. The van der Waals surface area contributed by atoms with Crippen LogP contribution in [-0.4, -0.2) is 22.6 Å². The lowest BCUT2D eigenvalue weighted by Gasteiger charge is -2.12. The van der Waals surface area contributed by atoms with E-state index in [1.165, 1.54) is 27.8 Å². The molecule has 2 aromatic heterocycles. The van der Waals surface area contributed by atoms with E-state index in [4.69, 9.17) is 4.74 Å². The lowest BCUT2D eigenvalue weighted by molar-refractivity contribution is -0.116. The summed E-state index contributed by atoms with van der Waals surface area (Å²) in [7, 11) is 1.55. The van der Waals surface area contributed by atoms with Crippen LogP contribution in [0.2, 0.25) is 0 Å². The van der Waals surface area contributed by atoms with Gasteiger partial charge in [-0.05, 0) is 42.2 Å². The number of hydrogen-bond donors (Lipinski definition) is 1. The molecule has 0 spiro atoms. The highest BCUT2D eigenvalue weighted by molar-refractivity contribution is 7.17. The lowest BCUT2D eigenvalue weighted by Crippen LogP contribution is -2.28. The first-order valence-electron chi connectivity index (χ1n) is 10.0. The molecular weight excluding hydrogens is 410 g/mol. The first-order valence-corrected chi connectivity index (χ1v) is 10.9. The summed E-state index contributed by atoms with van der Waals surface area (Å²) in [6.45, 7) is 3.90. The van der Waals surface area contributed by atoms with E-state index in [9.17, 15) is 9.59 Å². The fourth-order valence-corrected chi connectivity index (χ4v) is 4.38. The molecule has 0 radical (unpaired) electrons. The number of rotatable bonds is 6. The molecule has 158 valence electrons. The van der Waals surface area contributed by atoms with E-state index in [1.54, 1.807) is 13.2 Å². The van der Waals surface area contributed by atoms with Crippen molar-refractivity contribution in [1.29, 1.82) is 0 Å². The van der Waals surface area contributed by atoms with Crippen molar-refractivity contribution in [2.24, 2.45) is 0 Å². The van der Waals surface area contributed by atoms with Gasteiger partial charge in [0, 0.05) is 10.9 Å². The minimum absolute atomic E-state index is 0.136. The Morgan fingerprint density at radius 1 is 1.19 bits per heavy atom. The van der Waals surface area contributed by atoms with Crippen LogP contribution >= 0.6 is 11.3 Å². The first kappa shape index (κ1) is 20.8. The number of fused-ring (bicyclic) bond motifs is 1. The standard InChI is InChI=1S/C24H23N3O3S/c1-4-16-6-8-17(9-7-16)18-13-31-23-22(18)24(29)27(14-25-23)12-21(28)26-19-11-15(2)5-10-20(19)30-3/h5-11,13-14H,4,12H2,1-3H3,(H,26,28). The Kier molecular flexibility index (Phi) is 5.86. The van der Waals surface area contributed by atoms with Crippen molar-refractivity contribution in [2.75, 3.05) is 12.4 Å². The maximum absolute atomic E-state index is 13.2. The highest BCUT2D eigenvalue weighted by Crippen LogP contribution is 2.31. The third kappa shape index (κ3) is 4.22. The van der Waals surface area contributed by atoms with Crippen LogP contribution in [0, 0.1) is 6.92 Å². The summed E-state index contributed by atoms with van der Waals surface area (Å²) in [6, 6.07) is 13.7. The van der Waals surface area contributed by atoms with Crippen LogP contribution in [0.4, 0.5) is 5.69 Å². The molecule has 31 heavy (non-hydrogen) atoms. The summed E-state index contributed by atoms with van der Waals surface area (Å²) in [6.07, 6.45) is 2.39. The van der Waals surface area contributed by atoms with E-state index < -0.39 is 0 Å². The molecule has 2 heterocycles. The Balaban J connectivity index is 1.64. The molecule has 1 amide bonds. The van der Waals surface area contributed by atoms with Gasteiger partial charge in [-0.2, -0.15) is 0 Å². The van der Waals surface area contributed by atoms with Gasteiger partial charge in [-0.15, -0.1) is 11.3 Å². The molecule has 0 atom stereocenters. The van der Waals surface area contributed by atoms with Crippen molar-refractivity contribution in [2.45, 2.75) is 26.8 Å². The molecule has 4 aromatic rings. The number of benzene rings is 2. The maximum Gasteiger partial charge on any atom is 0.263 e. The van der Waals surface area contributed by atoms with E-state index in [2.05, 4.69) is 29.4 Å². The number of carbonyl (C=O) groups is 1. The van der Waals surface area contributed by atoms with Gasteiger partial charge in [0.05, 0.1) is 24.5 Å². The number of methoxy groups -OCH3 is 1. The minimum atomic E-state index is -0.323. The second-order valence-electron chi connectivity index (χ2n) is 7.31. The van der Waals surface area contributed by atoms with Crippen molar-refractivity contribution in [1.82, 2.24) is 9.55 Å². The Bertz CT molecular complexity index is 1310. The van der Waals surface area contributed by atoms with Crippen LogP contribution in [0.5, 0.6) is 5.75 Å². The summed E-state index contributed by atoms with van der Waals surface area (Å²) < 4.78 is 6.65. The SMILES string of the molecule is CCc1ccc(-c2csc3ncn(CC(=O)Nc4cc(C)ccc4OC)c(=O)c23)cc1. The number of nitrogens with one attached hydrogen (secondary N) is 1. The zero-order chi connectivity index (χ0) is 22.0. The lowest BCUT2D eigenvalue weighted by atomic mass is 10.0. The number of aryl methyl sites for hydroxylation is 2. The molecule has 0 aliphatic carbocycles. The number of amides is 1. The Hall–Kier alpha value is -3.45. The van der Waals surface area contributed by atoms with Gasteiger partial charge in [0.25, 0.3) is 5.56 Å². The predicted octanol–water partition coefficient (Wildman–Crippen LogP) is 4.64. The van der Waals surface area contributed by atoms with Crippen LogP contribution < -0.4 is 15.6 Å². The van der Waals surface area contributed by atoms with Gasteiger partial charge in [-0.1, -0.05) is 37.3 Å². The molecule has 7 heteroatoms. The van der Waals surface area contributed by atoms with Gasteiger partial charge >= 0.3 is 0 Å². The molecule has 0 aliphatic heterocycles. The van der Waals surface area contributed by atoms with Crippen molar-refractivity contribution < 1.29 is 9.53 Å². The molecule has 0 saturated heterocycles. The first-order chi connectivity index (χ1) is 15.0. The van der Waals surface area contributed by atoms with Gasteiger partial charge < -0.3 is 10.1 Å². The molecule has 2 aromatic carbocycles. The Morgan fingerprint density at radius 2 is 1.97 bits per heavy atom. The van der Waals surface area contributed by atoms with Crippen LogP contribution in [0.25, 0.3) is 21.3 Å². The zero-order valence-electron chi connectivity index (χ0n) is 17.6. The molecule has 4 rings (SSSR count). The van der Waals surface area contributed by atoms with Gasteiger partial charge in [-0.25, -0.2) is 4.98 Å². The zero-order valence-corrected chi connectivity index (χ0v) is 18.5. The number of aromatic nitrogens is 2. The largest absolute Gasteiger partial charge is 0.495 e. The van der Waals surface area contributed by atoms with Gasteiger partial charge in [-0.3, -0.25) is 14.2 Å². The smallest absolute Gasteiger partial charge is 0.263 e. The predicted molar refractivity (Wildman–Crippen MR) is 125 cm³/mol. The minimum Gasteiger partial charge on any atom is -0.495 e. The number of anilines is 1. The molecule has 6 nitrogen and oxygen atoms in total. The number of thiophene rings is 1. The Labute approximate surface area is 184 Å². The average Bonchev–Trinajstić information content (AvgIpc) is 3.21. The van der Waals surface area contributed by atoms with E-state index in [-0.39, 0.29) is 18.0 Å². The molecule has 0 unspecified atom stereocenters. The number of nitrogens with zero attached hydrogens (tertiary/aromatic N) is 2. The molecule has 1 N–H and O–H groups in total. The second kappa shape index (κ2) is 8.73. The summed E-state index contributed by atoms with van der Waals surface area (Å²) in [4.78, 5) is 30.9. The fourth-order valence-electron chi connectivity index (χ4n) is 3.48. The number of ether oxygens (including phenoxy) is 1. The third-order valence-corrected chi connectivity index (χ3v) is 6.06. The highest BCUT2D eigenvalue weighted by atomic mass is 32.1. The van der Waals surface area contributed by atoms with Crippen molar-refractivity contribution >= 4 is 33.1 Å². The molecule has 0 bridgehead atoms. The van der Waals surface area contributed by atoms with E-state index >= 15 is 0 Å². The van der Waals surface area contributed by atoms with Crippen molar-refractivity contribution in [3.63, 3.8) is 0 Å². The maximum atomic E-state index is 13.2. The topological polar surface area (TPSA) is 73.2 Å². The van der Waals surface area contributed by atoms with Gasteiger partial charge in [0.2, 0.25) is 5.91 Å². The van der Waals surface area contributed by atoms with E-state index in [0.29, 0.717) is 21.7 Å². The van der Waals surface area contributed by atoms with Gasteiger partial charge in [0.15, 0.2) is 0 Å². The normalized spacial score (nSPS) is 10.9. The summed E-state index contributed by atoms with van der Waals surface area (Å²) >= 11 is 1.43. The third-order valence-electron chi connectivity index (χ3n) is 5.18. The summed E-state index contributed by atoms with van der Waals surface area (Å²) in [5.41, 5.74) is 4.38. The molecule has 0 saturated carbocycles. The van der Waals surface area contributed by atoms with Crippen LogP contribution in [0.1, 0.15) is 18.1 Å². The van der Waals surface area contributed by atoms with Crippen LogP contribution in [-0.2, 0) is 17.8 Å². The molecule has 0 fully saturated rings. The van der Waals surface area contributed by atoms with E-state index in [1.807, 2.05) is 36.6 Å². The van der Waals surface area contributed by atoms with Crippen LogP contribution in [0.15, 0.2) is 59.0 Å². The average molecular weight is 434 g/mol. The van der Waals surface area contributed by atoms with Crippen LogP contribution in [0.3, 0.4) is 0 Å². The van der Waals surface area contributed by atoms with Crippen molar-refractivity contribution in [3.8, 4) is 16.9 Å².